The van der Waals surface area contributed by atoms with Gasteiger partial charge in [-0.1, -0.05) is 18.5 Å². The van der Waals surface area contributed by atoms with Gasteiger partial charge in [-0.15, -0.1) is 0 Å². The molecule has 0 radical (unpaired) electrons. The number of hydrogen-bond acceptors (Lipinski definition) is 4. The summed E-state index contributed by atoms with van der Waals surface area (Å²) >= 11 is 5.76. The number of carbonyl (C=O) groups is 1. The predicted molar refractivity (Wildman–Crippen MR) is 53.0 cm³/mol. The molecular weight excluding hydrogens is 202 g/mol. The molecule has 0 atom stereocenters. The van der Waals surface area contributed by atoms with Crippen LogP contribution in [-0.2, 0) is 10.2 Å². The van der Waals surface area contributed by atoms with E-state index in [0.717, 1.165) is 0 Å². The molecule has 74 valence electrons. The fraction of sp³-hybridized carbons (Fsp3) is 0.444. The highest BCUT2D eigenvalue weighted by Gasteiger charge is 2.43. The van der Waals surface area contributed by atoms with Crippen LogP contribution in [0.4, 0.5) is 5.82 Å². The fourth-order valence-electron chi connectivity index (χ4n) is 1.68. The normalized spacial score (nSPS) is 19.1. The lowest BCUT2D eigenvalue weighted by molar-refractivity contribution is -0.128. The maximum absolute atomic E-state index is 10.9. The Morgan fingerprint density at radius 2 is 2.14 bits per heavy atom. The zero-order valence-corrected chi connectivity index (χ0v) is 8.51. The highest BCUT2D eigenvalue weighted by molar-refractivity contribution is 6.29. The van der Waals surface area contributed by atoms with Gasteiger partial charge in [0.15, 0.2) is 0 Å². The van der Waals surface area contributed by atoms with Crippen molar-refractivity contribution in [3.8, 4) is 0 Å². The number of anilines is 1. The zero-order chi connectivity index (χ0) is 10.3. The van der Waals surface area contributed by atoms with E-state index in [4.69, 9.17) is 17.3 Å². The Kier molecular flexibility index (Phi) is 1.96. The second-order valence-corrected chi connectivity index (χ2v) is 4.28. The van der Waals surface area contributed by atoms with E-state index in [2.05, 4.69) is 9.97 Å². The molecule has 1 fully saturated rings. The zero-order valence-electron chi connectivity index (χ0n) is 7.75. The summed E-state index contributed by atoms with van der Waals surface area (Å²) in [5.74, 6) is 1.15. The van der Waals surface area contributed by atoms with Crippen LogP contribution >= 0.6 is 11.6 Å². The standard InChI is InChI=1S/C9H10ClN3O/c1-9(3-5(14)4-9)8-12-6(10)2-7(11)13-8/h2H,3-4H2,1H3,(H2,11,12,13). The third-order valence-electron chi connectivity index (χ3n) is 2.43. The molecule has 1 heterocycles. The van der Waals surface area contributed by atoms with Crippen molar-refractivity contribution >= 4 is 23.2 Å². The third-order valence-corrected chi connectivity index (χ3v) is 2.62. The summed E-state index contributed by atoms with van der Waals surface area (Å²) in [5.41, 5.74) is 5.28. The van der Waals surface area contributed by atoms with Gasteiger partial charge in [-0.25, -0.2) is 9.97 Å². The number of Topliss-reactive ketones (excluding diaryl/α,β-unsaturated/α-hetero) is 1. The van der Waals surface area contributed by atoms with Gasteiger partial charge in [0.2, 0.25) is 0 Å². The molecule has 1 aliphatic carbocycles. The summed E-state index contributed by atoms with van der Waals surface area (Å²) in [6, 6.07) is 1.49. The Morgan fingerprint density at radius 3 is 2.64 bits per heavy atom. The molecular formula is C9H10ClN3O. The van der Waals surface area contributed by atoms with Crippen molar-refractivity contribution in [1.82, 2.24) is 9.97 Å². The summed E-state index contributed by atoms with van der Waals surface area (Å²) in [7, 11) is 0. The van der Waals surface area contributed by atoms with Crippen LogP contribution in [0.25, 0.3) is 0 Å². The molecule has 0 spiro atoms. The monoisotopic (exact) mass is 211 g/mol. The van der Waals surface area contributed by atoms with E-state index in [1.54, 1.807) is 0 Å². The van der Waals surface area contributed by atoms with Gasteiger partial charge in [0, 0.05) is 24.3 Å². The largest absolute Gasteiger partial charge is 0.384 e. The molecule has 1 aromatic heterocycles. The molecule has 1 saturated carbocycles. The number of halogens is 1. The lowest BCUT2D eigenvalue weighted by Crippen LogP contribution is -2.40. The van der Waals surface area contributed by atoms with Gasteiger partial charge in [-0.2, -0.15) is 0 Å². The van der Waals surface area contributed by atoms with Crippen molar-refractivity contribution in [2.24, 2.45) is 0 Å². The molecule has 2 N–H and O–H groups in total. The Morgan fingerprint density at radius 1 is 1.50 bits per heavy atom. The highest BCUT2D eigenvalue weighted by Crippen LogP contribution is 2.39. The molecule has 0 amide bonds. The number of aromatic nitrogens is 2. The summed E-state index contributed by atoms with van der Waals surface area (Å²) in [6.07, 6.45) is 0.958. The second kappa shape index (κ2) is 2.92. The number of nitrogens with zero attached hydrogens (tertiary/aromatic N) is 2. The molecule has 14 heavy (non-hydrogen) atoms. The number of carbonyl (C=O) groups excluding carboxylic acids is 1. The quantitative estimate of drug-likeness (QED) is 0.712. The molecule has 1 aromatic rings. The predicted octanol–water partition coefficient (Wildman–Crippen LogP) is 1.33. The SMILES string of the molecule is CC1(c2nc(N)cc(Cl)n2)CC(=O)C1. The van der Waals surface area contributed by atoms with E-state index in [9.17, 15) is 4.79 Å². The first kappa shape index (κ1) is 9.40. The average molecular weight is 212 g/mol. The van der Waals surface area contributed by atoms with Crippen LogP contribution in [0.3, 0.4) is 0 Å². The minimum atomic E-state index is -0.268. The van der Waals surface area contributed by atoms with Crippen molar-refractivity contribution in [2.45, 2.75) is 25.2 Å². The maximum atomic E-state index is 10.9. The van der Waals surface area contributed by atoms with Crippen LogP contribution in [0.15, 0.2) is 6.07 Å². The first-order valence-electron chi connectivity index (χ1n) is 4.32. The molecule has 0 aromatic carbocycles. The summed E-state index contributed by atoms with van der Waals surface area (Å²) in [6.45, 7) is 1.94. The van der Waals surface area contributed by atoms with Crippen molar-refractivity contribution in [1.29, 1.82) is 0 Å². The topological polar surface area (TPSA) is 68.9 Å². The van der Waals surface area contributed by atoms with E-state index in [1.807, 2.05) is 6.92 Å². The number of rotatable bonds is 1. The summed E-state index contributed by atoms with van der Waals surface area (Å²) < 4.78 is 0. The van der Waals surface area contributed by atoms with Gasteiger partial charge in [0.1, 0.15) is 22.6 Å². The van der Waals surface area contributed by atoms with Gasteiger partial charge in [-0.3, -0.25) is 4.79 Å². The van der Waals surface area contributed by atoms with Crippen molar-refractivity contribution in [3.05, 3.63) is 17.0 Å². The van der Waals surface area contributed by atoms with E-state index in [-0.39, 0.29) is 11.2 Å². The highest BCUT2D eigenvalue weighted by atomic mass is 35.5. The van der Waals surface area contributed by atoms with Crippen molar-refractivity contribution < 1.29 is 4.79 Å². The molecule has 4 nitrogen and oxygen atoms in total. The van der Waals surface area contributed by atoms with Crippen molar-refractivity contribution in [2.75, 3.05) is 5.73 Å². The molecule has 0 bridgehead atoms. The maximum Gasteiger partial charge on any atom is 0.139 e. The second-order valence-electron chi connectivity index (χ2n) is 3.89. The fourth-order valence-corrected chi connectivity index (χ4v) is 1.87. The Balaban J connectivity index is 2.37. The Hall–Kier alpha value is -1.16. The van der Waals surface area contributed by atoms with Crippen LogP contribution < -0.4 is 5.73 Å². The lowest BCUT2D eigenvalue weighted by Gasteiger charge is -2.35. The number of nitrogens with two attached hydrogens (primary N) is 1. The van der Waals surface area contributed by atoms with Crippen LogP contribution in [-0.4, -0.2) is 15.8 Å². The number of ketones is 1. The van der Waals surface area contributed by atoms with E-state index < -0.39 is 0 Å². The van der Waals surface area contributed by atoms with E-state index in [1.165, 1.54) is 6.07 Å². The van der Waals surface area contributed by atoms with Gasteiger partial charge in [0.25, 0.3) is 0 Å². The summed E-state index contributed by atoms with van der Waals surface area (Å²) in [5, 5.41) is 0.327. The lowest BCUT2D eigenvalue weighted by atomic mass is 9.69. The van der Waals surface area contributed by atoms with Gasteiger partial charge >= 0.3 is 0 Å². The Labute approximate surface area is 86.5 Å². The smallest absolute Gasteiger partial charge is 0.139 e. The molecule has 2 rings (SSSR count). The Bertz CT molecular complexity index is 377. The van der Waals surface area contributed by atoms with Crippen LogP contribution in [0.1, 0.15) is 25.6 Å². The van der Waals surface area contributed by atoms with E-state index >= 15 is 0 Å². The van der Waals surface area contributed by atoms with Crippen LogP contribution in [0.2, 0.25) is 5.15 Å². The molecule has 1 aliphatic rings. The first-order chi connectivity index (χ1) is 6.49. The molecule has 5 heteroatoms. The minimum Gasteiger partial charge on any atom is -0.384 e. The van der Waals surface area contributed by atoms with Gasteiger partial charge < -0.3 is 5.73 Å². The minimum absolute atomic E-state index is 0.231. The summed E-state index contributed by atoms with van der Waals surface area (Å²) in [4.78, 5) is 19.1. The molecule has 0 unspecified atom stereocenters. The van der Waals surface area contributed by atoms with Crippen LogP contribution in [0.5, 0.6) is 0 Å². The van der Waals surface area contributed by atoms with Crippen molar-refractivity contribution in [3.63, 3.8) is 0 Å². The number of nitrogen functional groups attached to an aromatic ring is 1. The van der Waals surface area contributed by atoms with Gasteiger partial charge in [0.05, 0.1) is 0 Å². The number of hydrogen-bond donors (Lipinski definition) is 1. The molecule has 0 saturated heterocycles. The third kappa shape index (κ3) is 1.46. The first-order valence-corrected chi connectivity index (χ1v) is 4.70. The van der Waals surface area contributed by atoms with E-state index in [0.29, 0.717) is 29.6 Å². The average Bonchev–Trinajstić information content (AvgIpc) is 1.99. The molecule has 0 aliphatic heterocycles. The van der Waals surface area contributed by atoms with Crippen LogP contribution in [0, 0.1) is 0 Å². The van der Waals surface area contributed by atoms with Gasteiger partial charge in [-0.05, 0) is 0 Å².